The Hall–Kier alpha value is -2.12. The van der Waals surface area contributed by atoms with Crippen LogP contribution >= 0.6 is 0 Å². The summed E-state index contributed by atoms with van der Waals surface area (Å²) in [5.74, 6) is -0.581. The smallest absolute Gasteiger partial charge is 0.342 e. The van der Waals surface area contributed by atoms with Crippen molar-refractivity contribution in [1.82, 2.24) is 15.2 Å². The standard InChI is InChI=1S/C12H20N4O4/c1-4-6-7-20-10(18)12(3,5-2)14-8-9(17)13-11(19)16-15-8/h4-7H2,1-3H3,(H,14,15)(H2,13,16,17,19). The van der Waals surface area contributed by atoms with Gasteiger partial charge >= 0.3 is 11.7 Å². The largest absolute Gasteiger partial charge is 0.464 e. The number of nitrogens with one attached hydrogen (secondary N) is 3. The molecule has 0 amide bonds. The van der Waals surface area contributed by atoms with Gasteiger partial charge in [0.05, 0.1) is 6.61 Å². The van der Waals surface area contributed by atoms with Gasteiger partial charge in [0.25, 0.3) is 5.56 Å². The topological polar surface area (TPSA) is 117 Å². The van der Waals surface area contributed by atoms with Gasteiger partial charge in [-0.15, -0.1) is 5.10 Å². The molecule has 0 fully saturated rings. The van der Waals surface area contributed by atoms with E-state index in [0.29, 0.717) is 13.0 Å². The molecule has 1 aromatic heterocycles. The molecule has 8 nitrogen and oxygen atoms in total. The van der Waals surface area contributed by atoms with Crippen LogP contribution in [0.5, 0.6) is 0 Å². The van der Waals surface area contributed by atoms with Gasteiger partial charge in [0, 0.05) is 0 Å². The van der Waals surface area contributed by atoms with E-state index in [4.69, 9.17) is 4.74 Å². The van der Waals surface area contributed by atoms with E-state index in [1.165, 1.54) is 0 Å². The number of aromatic nitrogens is 3. The van der Waals surface area contributed by atoms with Crippen LogP contribution in [0.25, 0.3) is 0 Å². The third kappa shape index (κ3) is 3.94. The van der Waals surface area contributed by atoms with E-state index in [1.54, 1.807) is 13.8 Å². The summed E-state index contributed by atoms with van der Waals surface area (Å²) in [7, 11) is 0. The minimum absolute atomic E-state index is 0.124. The number of hydrogen-bond acceptors (Lipinski definition) is 6. The highest BCUT2D eigenvalue weighted by Gasteiger charge is 2.34. The minimum Gasteiger partial charge on any atom is -0.464 e. The zero-order valence-corrected chi connectivity index (χ0v) is 11.9. The maximum atomic E-state index is 12.1. The summed E-state index contributed by atoms with van der Waals surface area (Å²) in [6.45, 7) is 5.73. The van der Waals surface area contributed by atoms with Crippen LogP contribution in [0.15, 0.2) is 9.59 Å². The molecule has 0 saturated heterocycles. The molecule has 20 heavy (non-hydrogen) atoms. The van der Waals surface area contributed by atoms with Crippen LogP contribution < -0.4 is 16.6 Å². The van der Waals surface area contributed by atoms with E-state index in [1.807, 2.05) is 11.9 Å². The Kier molecular flexibility index (Phi) is 5.48. The summed E-state index contributed by atoms with van der Waals surface area (Å²) < 4.78 is 5.16. The average molecular weight is 284 g/mol. The highest BCUT2D eigenvalue weighted by Crippen LogP contribution is 2.16. The molecule has 0 aliphatic carbocycles. The molecule has 0 aromatic carbocycles. The van der Waals surface area contributed by atoms with Crippen molar-refractivity contribution in [3.63, 3.8) is 0 Å². The molecule has 112 valence electrons. The predicted octanol–water partition coefficient (Wildman–Crippen LogP) is 0.382. The van der Waals surface area contributed by atoms with Gasteiger partial charge in [-0.05, 0) is 19.8 Å². The first-order valence-corrected chi connectivity index (χ1v) is 6.57. The number of nitrogens with zero attached hydrogens (tertiary/aromatic N) is 1. The van der Waals surface area contributed by atoms with E-state index in [-0.39, 0.29) is 5.82 Å². The third-order valence-corrected chi connectivity index (χ3v) is 2.99. The molecule has 1 atom stereocenters. The van der Waals surface area contributed by atoms with Crippen molar-refractivity contribution in [3.8, 4) is 0 Å². The Morgan fingerprint density at radius 3 is 2.65 bits per heavy atom. The molecular weight excluding hydrogens is 264 g/mol. The maximum Gasteiger partial charge on any atom is 0.342 e. The highest BCUT2D eigenvalue weighted by molar-refractivity contribution is 5.83. The molecule has 0 aliphatic rings. The summed E-state index contributed by atoms with van der Waals surface area (Å²) in [5.41, 5.74) is -2.47. The molecule has 8 heteroatoms. The molecule has 0 bridgehead atoms. The lowest BCUT2D eigenvalue weighted by Gasteiger charge is -2.27. The number of aromatic amines is 2. The summed E-state index contributed by atoms with van der Waals surface area (Å²) in [4.78, 5) is 36.5. The average Bonchev–Trinajstić information content (AvgIpc) is 2.42. The predicted molar refractivity (Wildman–Crippen MR) is 73.7 cm³/mol. The molecule has 0 radical (unpaired) electrons. The maximum absolute atomic E-state index is 12.1. The Morgan fingerprint density at radius 2 is 2.10 bits per heavy atom. The van der Waals surface area contributed by atoms with Crippen LogP contribution in [0.4, 0.5) is 5.82 Å². The molecule has 0 saturated carbocycles. The second kappa shape index (κ2) is 6.88. The van der Waals surface area contributed by atoms with Crippen molar-refractivity contribution in [3.05, 3.63) is 20.8 Å². The van der Waals surface area contributed by atoms with E-state index in [9.17, 15) is 14.4 Å². The first kappa shape index (κ1) is 15.9. The number of carbonyl (C=O) groups excluding carboxylic acids is 1. The summed E-state index contributed by atoms with van der Waals surface area (Å²) in [6, 6.07) is 0. The van der Waals surface area contributed by atoms with E-state index >= 15 is 0 Å². The molecule has 0 aliphatic heterocycles. The minimum atomic E-state index is -1.08. The molecule has 1 aromatic rings. The fourth-order valence-corrected chi connectivity index (χ4v) is 1.45. The van der Waals surface area contributed by atoms with Gasteiger partial charge in [0.1, 0.15) is 5.54 Å². The zero-order chi connectivity index (χ0) is 15.2. The Labute approximate surface area is 115 Å². The van der Waals surface area contributed by atoms with Crippen LogP contribution in [-0.4, -0.2) is 33.3 Å². The fraction of sp³-hybridized carbons (Fsp3) is 0.667. The van der Waals surface area contributed by atoms with Crippen LogP contribution in [0.2, 0.25) is 0 Å². The van der Waals surface area contributed by atoms with Crippen molar-refractivity contribution in [2.45, 2.75) is 45.6 Å². The Morgan fingerprint density at radius 1 is 1.40 bits per heavy atom. The fourth-order valence-electron chi connectivity index (χ4n) is 1.45. The normalized spacial score (nSPS) is 13.6. The number of rotatable bonds is 7. The SMILES string of the molecule is CCCCOC(=O)C(C)(CC)Nc1n[nH]c(=O)[nH]c1=O. The molecule has 3 N–H and O–H groups in total. The molecule has 1 heterocycles. The Bertz CT molecular complexity index is 565. The van der Waals surface area contributed by atoms with Gasteiger partial charge in [-0.1, -0.05) is 20.3 Å². The van der Waals surface area contributed by atoms with Gasteiger partial charge in [-0.25, -0.2) is 14.7 Å². The summed E-state index contributed by atoms with van der Waals surface area (Å²) in [6.07, 6.45) is 2.10. The van der Waals surface area contributed by atoms with Crippen LogP contribution in [0.3, 0.4) is 0 Å². The molecule has 1 rings (SSSR count). The van der Waals surface area contributed by atoms with Gasteiger partial charge < -0.3 is 10.1 Å². The van der Waals surface area contributed by atoms with E-state index in [2.05, 4.69) is 15.5 Å². The van der Waals surface area contributed by atoms with Crippen LogP contribution in [0, 0.1) is 0 Å². The number of anilines is 1. The van der Waals surface area contributed by atoms with Crippen molar-refractivity contribution >= 4 is 11.8 Å². The first-order chi connectivity index (χ1) is 9.42. The van der Waals surface area contributed by atoms with Crippen molar-refractivity contribution in [2.24, 2.45) is 0 Å². The van der Waals surface area contributed by atoms with Gasteiger partial charge in [0.15, 0.2) is 0 Å². The lowest BCUT2D eigenvalue weighted by molar-refractivity contribution is -0.148. The number of ether oxygens (including phenoxy) is 1. The van der Waals surface area contributed by atoms with Gasteiger partial charge in [0.2, 0.25) is 5.82 Å². The van der Waals surface area contributed by atoms with Gasteiger partial charge in [-0.2, -0.15) is 0 Å². The number of H-pyrrole nitrogens is 2. The second-order valence-electron chi connectivity index (χ2n) is 4.66. The Balaban J connectivity index is 2.85. The summed E-state index contributed by atoms with van der Waals surface area (Å²) >= 11 is 0. The molecule has 1 unspecified atom stereocenters. The van der Waals surface area contributed by atoms with Crippen LogP contribution in [-0.2, 0) is 9.53 Å². The lowest BCUT2D eigenvalue weighted by Crippen LogP contribution is -2.46. The molecular formula is C12H20N4O4. The van der Waals surface area contributed by atoms with Gasteiger partial charge in [-0.3, -0.25) is 9.78 Å². The van der Waals surface area contributed by atoms with E-state index < -0.39 is 22.8 Å². The van der Waals surface area contributed by atoms with Crippen LogP contribution in [0.1, 0.15) is 40.0 Å². The third-order valence-electron chi connectivity index (χ3n) is 2.99. The number of unbranched alkanes of at least 4 members (excludes halogenated alkanes) is 1. The van der Waals surface area contributed by atoms with Crippen molar-refractivity contribution < 1.29 is 9.53 Å². The monoisotopic (exact) mass is 284 g/mol. The van der Waals surface area contributed by atoms with Crippen molar-refractivity contribution in [2.75, 3.05) is 11.9 Å². The second-order valence-corrected chi connectivity index (χ2v) is 4.66. The first-order valence-electron chi connectivity index (χ1n) is 6.57. The quantitative estimate of drug-likeness (QED) is 0.492. The lowest BCUT2D eigenvalue weighted by atomic mass is 9.99. The number of hydrogen-bond donors (Lipinski definition) is 3. The number of esters is 1. The number of carbonyl (C=O) groups is 1. The van der Waals surface area contributed by atoms with E-state index in [0.717, 1.165) is 12.8 Å². The summed E-state index contributed by atoms with van der Waals surface area (Å²) in [5, 5.41) is 8.42. The molecule has 0 spiro atoms. The zero-order valence-electron chi connectivity index (χ0n) is 11.9. The highest BCUT2D eigenvalue weighted by atomic mass is 16.5. The van der Waals surface area contributed by atoms with Crippen molar-refractivity contribution in [1.29, 1.82) is 0 Å².